The van der Waals surface area contributed by atoms with Crippen molar-refractivity contribution in [2.24, 2.45) is 0 Å². The fourth-order valence-corrected chi connectivity index (χ4v) is 4.08. The van der Waals surface area contributed by atoms with Gasteiger partial charge in [-0.25, -0.2) is 8.42 Å². The van der Waals surface area contributed by atoms with Crippen LogP contribution >= 0.6 is 0 Å². The van der Waals surface area contributed by atoms with E-state index >= 15 is 0 Å². The van der Waals surface area contributed by atoms with Crippen molar-refractivity contribution >= 4 is 9.84 Å². The molecule has 1 aliphatic heterocycles. The predicted molar refractivity (Wildman–Crippen MR) is 90.1 cm³/mol. The number of sulfone groups is 1. The van der Waals surface area contributed by atoms with Crippen molar-refractivity contribution in [2.45, 2.75) is 11.0 Å². The summed E-state index contributed by atoms with van der Waals surface area (Å²) in [5, 5.41) is 0. The highest BCUT2D eigenvalue weighted by Gasteiger charge is 2.23. The average Bonchev–Trinajstić information content (AvgIpc) is 2.62. The Morgan fingerprint density at radius 1 is 1.00 bits per heavy atom. The number of morpholine rings is 1. The molecular weight excluding hydrogens is 310 g/mol. The normalized spacial score (nSPS) is 19.6. The quantitative estimate of drug-likeness (QED) is 0.845. The fraction of sp³-hybridized carbons (Fsp3) is 0.333. The maximum absolute atomic E-state index is 12.4. The van der Waals surface area contributed by atoms with E-state index in [9.17, 15) is 8.42 Å². The first-order valence-electron chi connectivity index (χ1n) is 7.82. The summed E-state index contributed by atoms with van der Waals surface area (Å²) in [6.07, 6.45) is 0.0179. The molecule has 4 nitrogen and oxygen atoms in total. The van der Waals surface area contributed by atoms with Gasteiger partial charge < -0.3 is 4.74 Å². The molecule has 2 aromatic rings. The third kappa shape index (κ3) is 4.19. The van der Waals surface area contributed by atoms with Crippen molar-refractivity contribution in [3.8, 4) is 0 Å². The van der Waals surface area contributed by atoms with Gasteiger partial charge in [0.25, 0.3) is 0 Å². The molecule has 0 bridgehead atoms. The highest BCUT2D eigenvalue weighted by molar-refractivity contribution is 7.91. The molecule has 2 aromatic carbocycles. The molecule has 3 rings (SSSR count). The Kier molecular flexibility index (Phi) is 5.10. The van der Waals surface area contributed by atoms with Crippen LogP contribution in [-0.2, 0) is 14.6 Å². The summed E-state index contributed by atoms with van der Waals surface area (Å²) in [6, 6.07) is 18.7. The third-order valence-corrected chi connectivity index (χ3v) is 5.81. The highest BCUT2D eigenvalue weighted by atomic mass is 32.2. The van der Waals surface area contributed by atoms with Crippen molar-refractivity contribution in [3.05, 3.63) is 66.2 Å². The Labute approximate surface area is 137 Å². The Morgan fingerprint density at radius 3 is 2.35 bits per heavy atom. The minimum atomic E-state index is -3.22. The van der Waals surface area contributed by atoms with Crippen molar-refractivity contribution in [1.82, 2.24) is 4.90 Å². The van der Waals surface area contributed by atoms with E-state index in [4.69, 9.17) is 4.74 Å². The Morgan fingerprint density at radius 2 is 1.65 bits per heavy atom. The average molecular weight is 331 g/mol. The van der Waals surface area contributed by atoms with E-state index in [0.717, 1.165) is 18.7 Å². The first kappa shape index (κ1) is 16.2. The van der Waals surface area contributed by atoms with E-state index in [-0.39, 0.29) is 11.9 Å². The van der Waals surface area contributed by atoms with Crippen LogP contribution in [0.2, 0.25) is 0 Å². The number of nitrogens with zero attached hydrogens (tertiary/aromatic N) is 1. The van der Waals surface area contributed by atoms with Crippen LogP contribution in [0.15, 0.2) is 65.6 Å². The van der Waals surface area contributed by atoms with Gasteiger partial charge in [-0.15, -0.1) is 0 Å². The first-order chi connectivity index (χ1) is 11.1. The van der Waals surface area contributed by atoms with Gasteiger partial charge in [0.1, 0.15) is 0 Å². The van der Waals surface area contributed by atoms with Gasteiger partial charge in [-0.05, 0) is 17.7 Å². The first-order valence-corrected chi connectivity index (χ1v) is 9.47. The third-order valence-electron chi connectivity index (χ3n) is 4.10. The lowest BCUT2D eigenvalue weighted by Gasteiger charge is -2.33. The number of hydrogen-bond acceptors (Lipinski definition) is 4. The van der Waals surface area contributed by atoms with Crippen LogP contribution in [0.3, 0.4) is 0 Å². The largest absolute Gasteiger partial charge is 0.371 e. The smallest absolute Gasteiger partial charge is 0.179 e. The van der Waals surface area contributed by atoms with Crippen LogP contribution in [0.25, 0.3) is 0 Å². The molecule has 0 N–H and O–H groups in total. The lowest BCUT2D eigenvalue weighted by atomic mass is 10.1. The maximum atomic E-state index is 12.4. The van der Waals surface area contributed by atoms with Crippen LogP contribution in [-0.4, -0.2) is 45.3 Å². The zero-order valence-electron chi connectivity index (χ0n) is 13.0. The van der Waals surface area contributed by atoms with Crippen LogP contribution in [0.5, 0.6) is 0 Å². The number of ether oxygens (including phenoxy) is 1. The minimum absolute atomic E-state index is 0.0179. The summed E-state index contributed by atoms with van der Waals surface area (Å²) in [6.45, 7) is 2.66. The van der Waals surface area contributed by atoms with E-state index in [1.165, 1.54) is 0 Å². The summed E-state index contributed by atoms with van der Waals surface area (Å²) in [5.74, 6) is 0.137. The monoisotopic (exact) mass is 331 g/mol. The molecule has 0 amide bonds. The summed E-state index contributed by atoms with van der Waals surface area (Å²) in [7, 11) is -3.22. The van der Waals surface area contributed by atoms with Crippen molar-refractivity contribution < 1.29 is 13.2 Å². The van der Waals surface area contributed by atoms with E-state index < -0.39 is 9.84 Å². The molecule has 1 aliphatic rings. The lowest BCUT2D eigenvalue weighted by molar-refractivity contribution is -0.0279. The van der Waals surface area contributed by atoms with Gasteiger partial charge in [0.05, 0.1) is 23.4 Å². The number of rotatable bonds is 5. The molecule has 1 atom stereocenters. The van der Waals surface area contributed by atoms with Crippen LogP contribution in [0.1, 0.15) is 11.7 Å². The van der Waals surface area contributed by atoms with Crippen molar-refractivity contribution in [1.29, 1.82) is 0 Å². The van der Waals surface area contributed by atoms with E-state index in [1.807, 2.05) is 24.3 Å². The summed E-state index contributed by atoms with van der Waals surface area (Å²) in [5.41, 5.74) is 1.14. The van der Waals surface area contributed by atoms with E-state index in [1.54, 1.807) is 24.3 Å². The molecule has 1 unspecified atom stereocenters. The molecule has 0 aromatic heterocycles. The molecule has 0 saturated carbocycles. The van der Waals surface area contributed by atoms with Gasteiger partial charge in [0.15, 0.2) is 9.84 Å². The van der Waals surface area contributed by atoms with Gasteiger partial charge in [-0.3, -0.25) is 4.90 Å². The highest BCUT2D eigenvalue weighted by Crippen LogP contribution is 2.22. The Balaban J connectivity index is 1.60. The molecule has 1 saturated heterocycles. The number of benzene rings is 2. The Bertz CT molecular complexity index is 716. The molecule has 5 heteroatoms. The summed E-state index contributed by atoms with van der Waals surface area (Å²) in [4.78, 5) is 2.56. The van der Waals surface area contributed by atoms with Crippen LogP contribution in [0, 0.1) is 0 Å². The molecule has 1 heterocycles. The molecule has 122 valence electrons. The second kappa shape index (κ2) is 7.25. The topological polar surface area (TPSA) is 46.6 Å². The fourth-order valence-electron chi connectivity index (χ4n) is 2.77. The zero-order valence-corrected chi connectivity index (χ0v) is 13.8. The van der Waals surface area contributed by atoms with Gasteiger partial charge >= 0.3 is 0 Å². The summed E-state index contributed by atoms with van der Waals surface area (Å²) >= 11 is 0. The van der Waals surface area contributed by atoms with Gasteiger partial charge in [-0.2, -0.15) is 0 Å². The van der Waals surface area contributed by atoms with Crippen LogP contribution < -0.4 is 0 Å². The maximum Gasteiger partial charge on any atom is 0.179 e. The number of hydrogen-bond donors (Lipinski definition) is 0. The standard InChI is InChI=1S/C18H21NO3S/c20-23(21,17-9-5-2-6-10-17)14-12-19-11-13-22-18(15-19)16-7-3-1-4-8-16/h1-10,18H,11-15H2. The molecule has 0 radical (unpaired) electrons. The minimum Gasteiger partial charge on any atom is -0.371 e. The van der Waals surface area contributed by atoms with Crippen molar-refractivity contribution in [3.63, 3.8) is 0 Å². The molecule has 23 heavy (non-hydrogen) atoms. The SMILES string of the molecule is O=S(=O)(CCN1CCOC(c2ccccc2)C1)c1ccccc1. The molecular formula is C18H21NO3S. The predicted octanol–water partition coefficient (Wildman–Crippen LogP) is 2.53. The second-order valence-corrected chi connectivity index (χ2v) is 7.81. The van der Waals surface area contributed by atoms with Crippen molar-refractivity contribution in [2.75, 3.05) is 32.0 Å². The second-order valence-electron chi connectivity index (χ2n) is 5.70. The van der Waals surface area contributed by atoms with Gasteiger partial charge in [0.2, 0.25) is 0 Å². The lowest BCUT2D eigenvalue weighted by Crippen LogP contribution is -2.40. The van der Waals surface area contributed by atoms with E-state index in [0.29, 0.717) is 18.0 Å². The molecule has 0 aliphatic carbocycles. The Hall–Kier alpha value is -1.69. The summed E-state index contributed by atoms with van der Waals surface area (Å²) < 4.78 is 30.6. The molecule has 1 fully saturated rings. The van der Waals surface area contributed by atoms with Gasteiger partial charge in [-0.1, -0.05) is 48.5 Å². The van der Waals surface area contributed by atoms with Crippen LogP contribution in [0.4, 0.5) is 0 Å². The molecule has 0 spiro atoms. The van der Waals surface area contributed by atoms with Gasteiger partial charge in [0, 0.05) is 19.6 Å². The zero-order chi connectivity index (χ0) is 16.1. The van der Waals surface area contributed by atoms with E-state index in [2.05, 4.69) is 17.0 Å².